The van der Waals surface area contributed by atoms with Crippen molar-refractivity contribution in [2.45, 2.75) is 19.3 Å². The van der Waals surface area contributed by atoms with Crippen molar-refractivity contribution in [2.24, 2.45) is 0 Å². The van der Waals surface area contributed by atoms with Gasteiger partial charge in [0.05, 0.1) is 10.7 Å². The lowest BCUT2D eigenvalue weighted by atomic mass is 9.97. The molecule has 0 saturated heterocycles. The van der Waals surface area contributed by atoms with Crippen LogP contribution in [0.5, 0.6) is 0 Å². The number of nitrogens with one attached hydrogen (secondary N) is 1. The van der Waals surface area contributed by atoms with Gasteiger partial charge in [0.15, 0.2) is 0 Å². The first-order chi connectivity index (χ1) is 9.56. The minimum Gasteiger partial charge on any atom is -0.325 e. The molecule has 2 nitrogen and oxygen atoms in total. The van der Waals surface area contributed by atoms with E-state index in [0.29, 0.717) is 12.1 Å². The predicted octanol–water partition coefficient (Wildman–Crippen LogP) is 4.61. The third-order valence-corrected chi connectivity index (χ3v) is 3.38. The zero-order valence-electron chi connectivity index (χ0n) is 11.1. The fraction of sp³-hybridized carbons (Fsp3) is 0.188. The Balaban J connectivity index is 1.99. The van der Waals surface area contributed by atoms with E-state index in [9.17, 15) is 9.18 Å². The van der Waals surface area contributed by atoms with Gasteiger partial charge in [-0.05, 0) is 29.7 Å². The van der Waals surface area contributed by atoms with Gasteiger partial charge in [0.25, 0.3) is 0 Å². The van der Waals surface area contributed by atoms with Crippen LogP contribution in [0.2, 0.25) is 5.02 Å². The Morgan fingerprint density at radius 1 is 1.25 bits per heavy atom. The molecule has 0 radical (unpaired) electrons. The van der Waals surface area contributed by atoms with Crippen LogP contribution < -0.4 is 5.32 Å². The zero-order valence-corrected chi connectivity index (χ0v) is 11.8. The van der Waals surface area contributed by atoms with Crippen molar-refractivity contribution in [2.75, 3.05) is 5.32 Å². The number of anilines is 1. The predicted molar refractivity (Wildman–Crippen MR) is 79.5 cm³/mol. The largest absolute Gasteiger partial charge is 0.325 e. The lowest BCUT2D eigenvalue weighted by Gasteiger charge is -2.12. The zero-order chi connectivity index (χ0) is 14.5. The molecule has 0 aliphatic carbocycles. The van der Waals surface area contributed by atoms with Crippen molar-refractivity contribution in [1.29, 1.82) is 0 Å². The van der Waals surface area contributed by atoms with Crippen LogP contribution in [0.4, 0.5) is 10.1 Å². The number of benzene rings is 2. The minimum atomic E-state index is -0.425. The Kier molecular flexibility index (Phi) is 4.74. The minimum absolute atomic E-state index is 0.107. The topological polar surface area (TPSA) is 29.1 Å². The molecule has 0 aromatic heterocycles. The maximum Gasteiger partial charge on any atom is 0.225 e. The molecule has 1 amide bonds. The van der Waals surface area contributed by atoms with Crippen LogP contribution >= 0.6 is 11.6 Å². The van der Waals surface area contributed by atoms with Crippen molar-refractivity contribution >= 4 is 23.2 Å². The SMILES string of the molecule is CC(CC(=O)Nc1ccc(F)cc1Cl)c1ccccc1. The molecule has 4 heteroatoms. The number of halogens is 2. The first kappa shape index (κ1) is 14.5. The molecule has 0 spiro atoms. The lowest BCUT2D eigenvalue weighted by molar-refractivity contribution is -0.116. The maximum absolute atomic E-state index is 12.9. The van der Waals surface area contributed by atoms with Gasteiger partial charge in [-0.25, -0.2) is 4.39 Å². The van der Waals surface area contributed by atoms with Crippen molar-refractivity contribution in [3.63, 3.8) is 0 Å². The van der Waals surface area contributed by atoms with E-state index in [1.807, 2.05) is 37.3 Å². The highest BCUT2D eigenvalue weighted by Crippen LogP contribution is 2.24. The molecule has 1 atom stereocenters. The monoisotopic (exact) mass is 291 g/mol. The highest BCUT2D eigenvalue weighted by atomic mass is 35.5. The molecule has 2 aromatic rings. The molecule has 1 unspecified atom stereocenters. The maximum atomic E-state index is 12.9. The summed E-state index contributed by atoms with van der Waals surface area (Å²) in [6, 6.07) is 13.7. The summed E-state index contributed by atoms with van der Waals surface area (Å²) in [6.07, 6.45) is 0.345. The van der Waals surface area contributed by atoms with E-state index in [2.05, 4.69) is 5.32 Å². The van der Waals surface area contributed by atoms with Gasteiger partial charge in [-0.1, -0.05) is 48.9 Å². The number of carbonyl (C=O) groups excluding carboxylic acids is 1. The number of rotatable bonds is 4. The summed E-state index contributed by atoms with van der Waals surface area (Å²) in [7, 11) is 0. The Morgan fingerprint density at radius 3 is 2.60 bits per heavy atom. The van der Waals surface area contributed by atoms with Gasteiger partial charge >= 0.3 is 0 Å². The highest BCUT2D eigenvalue weighted by Gasteiger charge is 2.12. The van der Waals surface area contributed by atoms with Crippen LogP contribution in [-0.4, -0.2) is 5.91 Å². The van der Waals surface area contributed by atoms with Crippen LogP contribution in [0.1, 0.15) is 24.8 Å². The molecular formula is C16H15ClFNO. The third kappa shape index (κ3) is 3.81. The highest BCUT2D eigenvalue weighted by molar-refractivity contribution is 6.33. The van der Waals surface area contributed by atoms with Crippen molar-refractivity contribution in [1.82, 2.24) is 0 Å². The Hall–Kier alpha value is -1.87. The van der Waals surface area contributed by atoms with Gasteiger partial charge in [0.2, 0.25) is 5.91 Å². The van der Waals surface area contributed by atoms with Gasteiger partial charge in [-0.2, -0.15) is 0 Å². The number of hydrogen-bond donors (Lipinski definition) is 1. The summed E-state index contributed by atoms with van der Waals surface area (Å²) < 4.78 is 12.9. The first-order valence-corrected chi connectivity index (χ1v) is 6.74. The summed E-state index contributed by atoms with van der Waals surface area (Å²) in [5.41, 5.74) is 1.53. The second-order valence-electron chi connectivity index (χ2n) is 4.69. The fourth-order valence-electron chi connectivity index (χ4n) is 1.97. The number of amides is 1. The van der Waals surface area contributed by atoms with Crippen LogP contribution in [0, 0.1) is 5.82 Å². The molecule has 0 fully saturated rings. The first-order valence-electron chi connectivity index (χ1n) is 6.36. The van der Waals surface area contributed by atoms with Crippen molar-refractivity contribution < 1.29 is 9.18 Å². The van der Waals surface area contributed by atoms with Gasteiger partial charge in [-0.15, -0.1) is 0 Å². The van der Waals surface area contributed by atoms with Gasteiger partial charge in [-0.3, -0.25) is 4.79 Å². The molecule has 0 aliphatic rings. The molecule has 2 rings (SSSR count). The van der Waals surface area contributed by atoms with Crippen molar-refractivity contribution in [3.8, 4) is 0 Å². The molecule has 0 aliphatic heterocycles. The third-order valence-electron chi connectivity index (χ3n) is 3.07. The lowest BCUT2D eigenvalue weighted by Crippen LogP contribution is -2.14. The molecule has 20 heavy (non-hydrogen) atoms. The Bertz CT molecular complexity index is 601. The standard InChI is InChI=1S/C16H15ClFNO/c1-11(12-5-3-2-4-6-12)9-16(20)19-15-8-7-13(18)10-14(15)17/h2-8,10-11H,9H2,1H3,(H,19,20). The van der Waals surface area contributed by atoms with E-state index in [-0.39, 0.29) is 16.8 Å². The average Bonchev–Trinajstić information content (AvgIpc) is 2.43. The second kappa shape index (κ2) is 6.53. The number of carbonyl (C=O) groups is 1. The normalized spacial score (nSPS) is 11.9. The Morgan fingerprint density at radius 2 is 1.95 bits per heavy atom. The van der Waals surface area contributed by atoms with E-state index in [1.54, 1.807) is 0 Å². The van der Waals surface area contributed by atoms with Crippen LogP contribution in [0.25, 0.3) is 0 Å². The van der Waals surface area contributed by atoms with Crippen LogP contribution in [0.15, 0.2) is 48.5 Å². The van der Waals surface area contributed by atoms with E-state index >= 15 is 0 Å². The van der Waals surface area contributed by atoms with Gasteiger partial charge in [0, 0.05) is 6.42 Å². The van der Waals surface area contributed by atoms with E-state index in [0.717, 1.165) is 5.56 Å². The molecule has 104 valence electrons. The molecule has 0 bridgehead atoms. The molecular weight excluding hydrogens is 277 g/mol. The molecule has 2 aromatic carbocycles. The second-order valence-corrected chi connectivity index (χ2v) is 5.10. The summed E-state index contributed by atoms with van der Waals surface area (Å²) >= 11 is 5.87. The average molecular weight is 292 g/mol. The quantitative estimate of drug-likeness (QED) is 0.875. The van der Waals surface area contributed by atoms with Crippen LogP contribution in [0.3, 0.4) is 0 Å². The van der Waals surface area contributed by atoms with Crippen molar-refractivity contribution in [3.05, 3.63) is 64.9 Å². The molecule has 0 saturated carbocycles. The molecule has 0 heterocycles. The summed E-state index contributed by atoms with van der Waals surface area (Å²) in [5.74, 6) is -0.462. The summed E-state index contributed by atoms with van der Waals surface area (Å²) in [5, 5.41) is 2.90. The fourth-order valence-corrected chi connectivity index (χ4v) is 2.18. The summed E-state index contributed by atoms with van der Waals surface area (Å²) in [6.45, 7) is 1.99. The van der Waals surface area contributed by atoms with Crippen LogP contribution in [-0.2, 0) is 4.79 Å². The van der Waals surface area contributed by atoms with E-state index in [4.69, 9.17) is 11.6 Å². The smallest absolute Gasteiger partial charge is 0.225 e. The summed E-state index contributed by atoms with van der Waals surface area (Å²) in [4.78, 5) is 12.0. The van der Waals surface area contributed by atoms with Gasteiger partial charge in [0.1, 0.15) is 5.82 Å². The molecule has 1 N–H and O–H groups in total. The van der Waals surface area contributed by atoms with E-state index in [1.165, 1.54) is 18.2 Å². The van der Waals surface area contributed by atoms with E-state index < -0.39 is 5.82 Å². The number of hydrogen-bond acceptors (Lipinski definition) is 1. The van der Waals surface area contributed by atoms with Gasteiger partial charge < -0.3 is 5.32 Å². The Labute approximate surface area is 122 Å².